The van der Waals surface area contributed by atoms with Gasteiger partial charge in [-0.05, 0) is 66.9 Å². The van der Waals surface area contributed by atoms with Gasteiger partial charge in [0.05, 0.1) is 21.6 Å². The van der Waals surface area contributed by atoms with E-state index >= 15 is 0 Å². The Morgan fingerprint density at radius 3 is 2.51 bits per heavy atom. The van der Waals surface area contributed by atoms with Gasteiger partial charge in [0.15, 0.2) is 0 Å². The van der Waals surface area contributed by atoms with Crippen LogP contribution < -0.4 is 10.2 Å². The molecule has 0 spiro atoms. The molecule has 1 aliphatic heterocycles. The lowest BCUT2D eigenvalue weighted by Gasteiger charge is -2.27. The summed E-state index contributed by atoms with van der Waals surface area (Å²) in [6.45, 7) is 0.901. The molecule has 1 unspecified atom stereocenters. The van der Waals surface area contributed by atoms with Gasteiger partial charge in [-0.25, -0.2) is 8.42 Å². The molecular weight excluding hydrogens is 533 g/mol. The molecule has 1 amide bonds. The van der Waals surface area contributed by atoms with E-state index in [9.17, 15) is 13.2 Å². The number of benzene rings is 3. The number of amides is 1. The standard InChI is InChI=1S/C27H29Cl2N3O4S/c1-31(2)26-13-12-21(30-27(33)24-10-3-4-11-25(24)29)15-19(26)17-32(18-22-8-6-14-36-22)37(34,35)23-9-5-7-20(28)16-23/h3-5,7,9-13,15-16,22H,6,8,14,17-18H2,1-2H3,(H,30,33). The molecule has 1 fully saturated rings. The zero-order valence-electron chi connectivity index (χ0n) is 20.7. The van der Waals surface area contributed by atoms with E-state index in [0.29, 0.717) is 27.9 Å². The number of carbonyl (C=O) groups is 1. The van der Waals surface area contributed by atoms with Crippen LogP contribution in [0.4, 0.5) is 11.4 Å². The van der Waals surface area contributed by atoms with E-state index in [2.05, 4.69) is 5.32 Å². The van der Waals surface area contributed by atoms with Crippen LogP contribution >= 0.6 is 23.2 Å². The van der Waals surface area contributed by atoms with Crippen LogP contribution in [0.5, 0.6) is 0 Å². The molecule has 1 N–H and O–H groups in total. The third-order valence-corrected chi connectivity index (χ3v) is 8.52. The molecule has 1 heterocycles. The van der Waals surface area contributed by atoms with Gasteiger partial charge in [0.25, 0.3) is 5.91 Å². The maximum absolute atomic E-state index is 13.8. The van der Waals surface area contributed by atoms with Crippen LogP contribution in [0.3, 0.4) is 0 Å². The molecule has 37 heavy (non-hydrogen) atoms. The van der Waals surface area contributed by atoms with E-state index in [-0.39, 0.29) is 30.0 Å². The quantitative estimate of drug-likeness (QED) is 0.363. The maximum atomic E-state index is 13.8. The van der Waals surface area contributed by atoms with E-state index in [1.165, 1.54) is 16.4 Å². The molecular formula is C27H29Cl2N3O4S. The minimum atomic E-state index is -3.89. The number of carbonyl (C=O) groups excluding carboxylic acids is 1. The van der Waals surface area contributed by atoms with Crippen molar-refractivity contribution in [1.29, 1.82) is 0 Å². The van der Waals surface area contributed by atoms with Crippen LogP contribution in [0.25, 0.3) is 0 Å². The smallest absolute Gasteiger partial charge is 0.257 e. The van der Waals surface area contributed by atoms with Crippen molar-refractivity contribution >= 4 is 50.5 Å². The molecule has 10 heteroatoms. The van der Waals surface area contributed by atoms with Crippen LogP contribution in [0, 0.1) is 0 Å². The van der Waals surface area contributed by atoms with Gasteiger partial charge < -0.3 is 15.0 Å². The molecule has 0 saturated carbocycles. The van der Waals surface area contributed by atoms with E-state index in [0.717, 1.165) is 24.1 Å². The molecule has 0 aromatic heterocycles. The summed E-state index contributed by atoms with van der Waals surface area (Å²) in [5, 5.41) is 3.57. The van der Waals surface area contributed by atoms with Gasteiger partial charge in [-0.1, -0.05) is 41.4 Å². The Balaban J connectivity index is 1.68. The Morgan fingerprint density at radius 1 is 1.05 bits per heavy atom. The zero-order valence-corrected chi connectivity index (χ0v) is 23.0. The summed E-state index contributed by atoms with van der Waals surface area (Å²) in [5.41, 5.74) is 2.44. The summed E-state index contributed by atoms with van der Waals surface area (Å²) < 4.78 is 34.7. The second kappa shape index (κ2) is 11.8. The largest absolute Gasteiger partial charge is 0.377 e. The Morgan fingerprint density at radius 2 is 1.84 bits per heavy atom. The van der Waals surface area contributed by atoms with Crippen LogP contribution in [0.2, 0.25) is 10.0 Å². The average Bonchev–Trinajstić information content (AvgIpc) is 3.37. The highest BCUT2D eigenvalue weighted by atomic mass is 35.5. The van der Waals surface area contributed by atoms with Crippen molar-refractivity contribution in [2.75, 3.05) is 37.5 Å². The second-order valence-electron chi connectivity index (χ2n) is 9.06. The summed E-state index contributed by atoms with van der Waals surface area (Å²) in [5.74, 6) is -0.350. The van der Waals surface area contributed by atoms with E-state index < -0.39 is 10.0 Å². The van der Waals surface area contributed by atoms with Crippen LogP contribution in [0.1, 0.15) is 28.8 Å². The van der Waals surface area contributed by atoms with Crippen molar-refractivity contribution in [3.63, 3.8) is 0 Å². The minimum absolute atomic E-state index is 0.0814. The zero-order chi connectivity index (χ0) is 26.6. The van der Waals surface area contributed by atoms with Crippen LogP contribution in [-0.4, -0.2) is 52.0 Å². The van der Waals surface area contributed by atoms with Crippen molar-refractivity contribution in [3.8, 4) is 0 Å². The van der Waals surface area contributed by atoms with Gasteiger partial charge in [0, 0.05) is 50.2 Å². The summed E-state index contributed by atoms with van der Waals surface area (Å²) in [6.07, 6.45) is 1.48. The van der Waals surface area contributed by atoms with Gasteiger partial charge in [0.1, 0.15) is 0 Å². The van der Waals surface area contributed by atoms with Gasteiger partial charge in [-0.2, -0.15) is 4.31 Å². The fourth-order valence-corrected chi connectivity index (χ4v) is 6.27. The van der Waals surface area contributed by atoms with E-state index in [1.807, 2.05) is 25.1 Å². The summed E-state index contributed by atoms with van der Waals surface area (Å²) in [6, 6.07) is 18.5. The van der Waals surface area contributed by atoms with Gasteiger partial charge in [-0.15, -0.1) is 0 Å². The Bertz CT molecular complexity index is 1380. The molecule has 3 aromatic rings. The Hall–Kier alpha value is -2.62. The van der Waals surface area contributed by atoms with Crippen LogP contribution in [0.15, 0.2) is 71.6 Å². The molecule has 3 aromatic carbocycles. The highest BCUT2D eigenvalue weighted by Crippen LogP contribution is 2.29. The second-order valence-corrected chi connectivity index (χ2v) is 11.8. The number of halogens is 2. The third-order valence-electron chi connectivity index (χ3n) is 6.15. The van der Waals surface area contributed by atoms with E-state index in [4.69, 9.17) is 27.9 Å². The molecule has 7 nitrogen and oxygen atoms in total. The van der Waals surface area contributed by atoms with Crippen molar-refractivity contribution in [2.24, 2.45) is 0 Å². The summed E-state index contributed by atoms with van der Waals surface area (Å²) in [7, 11) is -0.119. The number of hydrogen-bond acceptors (Lipinski definition) is 5. The molecule has 1 atom stereocenters. The molecule has 4 rings (SSSR count). The maximum Gasteiger partial charge on any atom is 0.257 e. The molecule has 0 aliphatic carbocycles. The van der Waals surface area contributed by atoms with Gasteiger partial charge in [0.2, 0.25) is 10.0 Å². The lowest BCUT2D eigenvalue weighted by atomic mass is 10.1. The summed E-state index contributed by atoms with van der Waals surface area (Å²) >= 11 is 12.3. The highest BCUT2D eigenvalue weighted by molar-refractivity contribution is 7.89. The Kier molecular flexibility index (Phi) is 8.77. The van der Waals surface area contributed by atoms with Crippen LogP contribution in [-0.2, 0) is 21.3 Å². The van der Waals surface area contributed by atoms with E-state index in [1.54, 1.807) is 48.5 Å². The van der Waals surface area contributed by atoms with Gasteiger partial charge in [-0.3, -0.25) is 4.79 Å². The fourth-order valence-electron chi connectivity index (χ4n) is 4.30. The number of anilines is 2. The third kappa shape index (κ3) is 6.64. The number of nitrogens with zero attached hydrogens (tertiary/aromatic N) is 2. The topological polar surface area (TPSA) is 79.0 Å². The Labute approximate surface area is 228 Å². The molecule has 1 saturated heterocycles. The first-order chi connectivity index (χ1) is 17.6. The van der Waals surface area contributed by atoms with Gasteiger partial charge >= 0.3 is 0 Å². The van der Waals surface area contributed by atoms with Crippen molar-refractivity contribution in [2.45, 2.75) is 30.4 Å². The van der Waals surface area contributed by atoms with Crippen molar-refractivity contribution in [3.05, 3.63) is 87.9 Å². The minimum Gasteiger partial charge on any atom is -0.377 e. The average molecular weight is 563 g/mol. The first kappa shape index (κ1) is 27.4. The SMILES string of the molecule is CN(C)c1ccc(NC(=O)c2ccccc2Cl)cc1CN(CC1CCCO1)S(=O)(=O)c1cccc(Cl)c1. The molecule has 0 radical (unpaired) electrons. The van der Waals surface area contributed by atoms with Crippen molar-refractivity contribution in [1.82, 2.24) is 4.31 Å². The lowest BCUT2D eigenvalue weighted by Crippen LogP contribution is -2.37. The first-order valence-electron chi connectivity index (χ1n) is 11.9. The predicted octanol–water partition coefficient (Wildman–Crippen LogP) is 5.68. The normalized spacial score (nSPS) is 15.6. The number of ether oxygens (including phenoxy) is 1. The predicted molar refractivity (Wildman–Crippen MR) is 148 cm³/mol. The number of rotatable bonds is 9. The molecule has 0 bridgehead atoms. The molecule has 196 valence electrons. The summed E-state index contributed by atoms with van der Waals surface area (Å²) in [4.78, 5) is 14.9. The highest BCUT2D eigenvalue weighted by Gasteiger charge is 2.30. The number of sulfonamides is 1. The molecule has 1 aliphatic rings. The lowest BCUT2D eigenvalue weighted by molar-refractivity contribution is 0.0926. The van der Waals surface area contributed by atoms with Crippen molar-refractivity contribution < 1.29 is 17.9 Å². The fraction of sp³-hybridized carbons (Fsp3) is 0.296. The monoisotopic (exact) mass is 561 g/mol. The number of nitrogens with one attached hydrogen (secondary N) is 1. The number of hydrogen-bond donors (Lipinski definition) is 1. The first-order valence-corrected chi connectivity index (χ1v) is 14.1.